The summed E-state index contributed by atoms with van der Waals surface area (Å²) in [4.78, 5) is 10.8. The maximum atomic E-state index is 5.43. The molecule has 64 heavy (non-hydrogen) atoms. The van der Waals surface area contributed by atoms with Crippen LogP contribution in [0.2, 0.25) is 0 Å². The van der Waals surface area contributed by atoms with Crippen molar-refractivity contribution in [2.75, 3.05) is 0 Å². The second kappa shape index (κ2) is 14.9. The fourth-order valence-corrected chi connectivity index (χ4v) is 10.8. The minimum absolute atomic E-state index is 0.143. The highest BCUT2D eigenvalue weighted by atomic mass is 14.9. The Morgan fingerprint density at radius 1 is 0.266 bits per heavy atom. The van der Waals surface area contributed by atoms with Crippen LogP contribution in [0.1, 0.15) is 47.2 Å². The van der Waals surface area contributed by atoms with Gasteiger partial charge >= 0.3 is 0 Å². The van der Waals surface area contributed by atoms with Crippen molar-refractivity contribution in [3.8, 4) is 78.4 Å². The van der Waals surface area contributed by atoms with Crippen molar-refractivity contribution in [1.29, 1.82) is 0 Å². The Morgan fingerprint density at radius 2 is 0.719 bits per heavy atom. The van der Waals surface area contributed by atoms with E-state index < -0.39 is 5.41 Å². The summed E-state index contributed by atoms with van der Waals surface area (Å²) in [5.74, 6) is 0.688. The molecule has 2 aliphatic carbocycles. The minimum Gasteiger partial charge on any atom is -0.228 e. The summed E-state index contributed by atoms with van der Waals surface area (Å²) >= 11 is 0. The average Bonchev–Trinajstić information content (AvgIpc) is 3.66. The molecule has 0 unspecified atom stereocenters. The van der Waals surface area contributed by atoms with Gasteiger partial charge in [0.25, 0.3) is 0 Å². The van der Waals surface area contributed by atoms with Crippen LogP contribution in [-0.2, 0) is 10.8 Å². The first kappa shape index (κ1) is 37.8. The fraction of sp³-hybridized carbons (Fsp3) is 0.0645. The zero-order valence-corrected chi connectivity index (χ0v) is 35.8. The summed E-state index contributed by atoms with van der Waals surface area (Å²) in [6, 6.07) is 83.8. The molecule has 0 amide bonds. The molecule has 0 radical (unpaired) electrons. The van der Waals surface area contributed by atoms with Gasteiger partial charge in [0, 0.05) is 22.1 Å². The number of benzene rings is 9. The molecule has 302 valence electrons. The summed E-state index contributed by atoms with van der Waals surface area (Å²) in [5, 5.41) is 0. The Morgan fingerprint density at radius 3 is 1.36 bits per heavy atom. The molecule has 10 aromatic rings. The van der Waals surface area contributed by atoms with Crippen molar-refractivity contribution in [3.05, 3.63) is 264 Å². The molecule has 2 heteroatoms. The topological polar surface area (TPSA) is 25.8 Å². The zero-order valence-electron chi connectivity index (χ0n) is 35.8. The Balaban J connectivity index is 1.05. The van der Waals surface area contributed by atoms with Gasteiger partial charge in [0.1, 0.15) is 0 Å². The minimum atomic E-state index is -0.439. The van der Waals surface area contributed by atoms with E-state index in [9.17, 15) is 0 Å². The van der Waals surface area contributed by atoms with Crippen LogP contribution in [0.25, 0.3) is 78.4 Å². The van der Waals surface area contributed by atoms with Gasteiger partial charge in [0.15, 0.2) is 5.82 Å². The quantitative estimate of drug-likeness (QED) is 0.167. The Bertz CT molecular complexity index is 3270. The lowest BCUT2D eigenvalue weighted by molar-refractivity contribution is 0.563. The Hall–Kier alpha value is -7.94. The van der Waals surface area contributed by atoms with Crippen LogP contribution in [0.15, 0.2) is 231 Å². The second-order valence-electron chi connectivity index (χ2n) is 17.7. The Labute approximate surface area is 375 Å². The van der Waals surface area contributed by atoms with Crippen LogP contribution in [-0.4, -0.2) is 9.97 Å². The molecule has 1 aromatic heterocycles. The van der Waals surface area contributed by atoms with Gasteiger partial charge in [-0.2, -0.15) is 0 Å². The normalized spacial score (nSPS) is 13.7. The zero-order chi connectivity index (χ0) is 42.8. The van der Waals surface area contributed by atoms with E-state index in [1.54, 1.807) is 0 Å². The van der Waals surface area contributed by atoms with Gasteiger partial charge in [0.05, 0.1) is 16.8 Å². The molecule has 0 fully saturated rings. The first-order valence-electron chi connectivity index (χ1n) is 22.2. The number of nitrogens with zero attached hydrogens (tertiary/aromatic N) is 2. The molecule has 0 aliphatic heterocycles. The van der Waals surface area contributed by atoms with Crippen molar-refractivity contribution in [1.82, 2.24) is 9.97 Å². The molecule has 2 aliphatic rings. The van der Waals surface area contributed by atoms with Crippen LogP contribution in [0.4, 0.5) is 0 Å². The van der Waals surface area contributed by atoms with Crippen molar-refractivity contribution in [2.45, 2.75) is 24.7 Å². The highest BCUT2D eigenvalue weighted by Gasteiger charge is 2.53. The summed E-state index contributed by atoms with van der Waals surface area (Å²) in [5.41, 5.74) is 21.8. The lowest BCUT2D eigenvalue weighted by Crippen LogP contribution is -2.40. The van der Waals surface area contributed by atoms with E-state index >= 15 is 0 Å². The number of rotatable bonds is 6. The molecular formula is C62H44N2. The first-order chi connectivity index (χ1) is 31.5. The predicted molar refractivity (Wildman–Crippen MR) is 264 cm³/mol. The number of hydrogen-bond donors (Lipinski definition) is 0. The van der Waals surface area contributed by atoms with E-state index in [1.807, 2.05) is 0 Å². The highest BCUT2D eigenvalue weighted by molar-refractivity contribution is 5.93. The van der Waals surface area contributed by atoms with Gasteiger partial charge in [-0.05, 0) is 102 Å². The third-order valence-corrected chi connectivity index (χ3v) is 13.8. The maximum absolute atomic E-state index is 5.43. The molecule has 2 nitrogen and oxygen atoms in total. The molecule has 9 aromatic carbocycles. The summed E-state index contributed by atoms with van der Waals surface area (Å²) in [6.07, 6.45) is 0. The number of fused-ring (bicyclic) bond motifs is 9. The van der Waals surface area contributed by atoms with Crippen LogP contribution < -0.4 is 0 Å². The predicted octanol–water partition coefficient (Wildman–Crippen LogP) is 15.5. The van der Waals surface area contributed by atoms with Crippen molar-refractivity contribution >= 4 is 0 Å². The van der Waals surface area contributed by atoms with Crippen molar-refractivity contribution < 1.29 is 0 Å². The monoisotopic (exact) mass is 816 g/mol. The maximum Gasteiger partial charge on any atom is 0.160 e. The van der Waals surface area contributed by atoms with Gasteiger partial charge in [-0.25, -0.2) is 9.97 Å². The molecule has 1 heterocycles. The van der Waals surface area contributed by atoms with Crippen LogP contribution in [0, 0.1) is 0 Å². The summed E-state index contributed by atoms with van der Waals surface area (Å²) < 4.78 is 0. The molecule has 12 rings (SSSR count). The SMILES string of the molecule is CC1(C)c2ccccc2C2(c3ccccc3-c3cc(-c4ccccc4-c4cc(-c5cccc(-c6ccccc6)c5)nc(-c5cccc(-c6ccccc6)c5)n4)ccc32)c2ccccc21. The lowest BCUT2D eigenvalue weighted by Gasteiger charge is -2.46. The first-order valence-corrected chi connectivity index (χ1v) is 22.2. The van der Waals surface area contributed by atoms with Crippen molar-refractivity contribution in [2.24, 2.45) is 0 Å². The molecule has 0 saturated carbocycles. The largest absolute Gasteiger partial charge is 0.228 e. The van der Waals surface area contributed by atoms with E-state index in [2.05, 4.69) is 244 Å². The van der Waals surface area contributed by atoms with Crippen molar-refractivity contribution in [3.63, 3.8) is 0 Å². The fourth-order valence-electron chi connectivity index (χ4n) is 10.8. The van der Waals surface area contributed by atoms with E-state index in [-0.39, 0.29) is 5.41 Å². The van der Waals surface area contributed by atoms with Gasteiger partial charge < -0.3 is 0 Å². The summed E-state index contributed by atoms with van der Waals surface area (Å²) in [6.45, 7) is 4.76. The molecule has 0 saturated heterocycles. The van der Waals surface area contributed by atoms with E-state index in [0.717, 1.165) is 55.9 Å². The van der Waals surface area contributed by atoms with Crippen LogP contribution >= 0.6 is 0 Å². The van der Waals surface area contributed by atoms with Gasteiger partial charge in [-0.1, -0.05) is 220 Å². The third-order valence-electron chi connectivity index (χ3n) is 13.8. The average molecular weight is 817 g/mol. The third kappa shape index (κ3) is 5.87. The van der Waals surface area contributed by atoms with Gasteiger partial charge in [0.2, 0.25) is 0 Å². The molecule has 0 atom stereocenters. The molecular weight excluding hydrogens is 773 g/mol. The molecule has 0 bridgehead atoms. The summed E-state index contributed by atoms with van der Waals surface area (Å²) in [7, 11) is 0. The number of aromatic nitrogens is 2. The smallest absolute Gasteiger partial charge is 0.160 e. The van der Waals surface area contributed by atoms with Crippen LogP contribution in [0.3, 0.4) is 0 Å². The second-order valence-corrected chi connectivity index (χ2v) is 17.7. The van der Waals surface area contributed by atoms with E-state index in [1.165, 1.54) is 50.1 Å². The molecule has 1 spiro atoms. The lowest BCUT2D eigenvalue weighted by atomic mass is 9.55. The van der Waals surface area contributed by atoms with E-state index in [4.69, 9.17) is 9.97 Å². The Kier molecular flexibility index (Phi) is 8.77. The van der Waals surface area contributed by atoms with Gasteiger partial charge in [-0.15, -0.1) is 0 Å². The highest BCUT2D eigenvalue weighted by Crippen LogP contribution is 2.62. The van der Waals surface area contributed by atoms with E-state index in [0.29, 0.717) is 5.82 Å². The van der Waals surface area contributed by atoms with Crippen LogP contribution in [0.5, 0.6) is 0 Å². The number of hydrogen-bond acceptors (Lipinski definition) is 2. The van der Waals surface area contributed by atoms with Gasteiger partial charge in [-0.3, -0.25) is 0 Å². The standard InChI is InChI=1S/C62H44N2/c1-61(2)54-31-13-15-33-56(54)62(57-34-16-14-32-55(57)61)52-30-12-11-28-49(52)51-39-45(35-36-53(51)62)48-27-9-10-29-50(48)59-40-58(46-25-17-23-43(37-46)41-19-5-3-6-20-41)63-60(64-59)47-26-18-24-44(38-47)42-21-7-4-8-22-42/h3-40H,1-2H3. The molecule has 0 N–H and O–H groups in total.